The van der Waals surface area contributed by atoms with Crippen LogP contribution in [0.4, 0.5) is 0 Å². The van der Waals surface area contributed by atoms with Crippen LogP contribution < -0.4 is 4.72 Å². The average Bonchev–Trinajstić information content (AvgIpc) is 2.37. The van der Waals surface area contributed by atoms with E-state index in [1.165, 1.54) is 19.2 Å². The Labute approximate surface area is 128 Å². The van der Waals surface area contributed by atoms with Crippen LogP contribution in [0.3, 0.4) is 0 Å². The largest absolute Gasteiger partial charge is 0.392 e. The third kappa shape index (κ3) is 4.31. The monoisotopic (exact) mass is 341 g/mol. The van der Waals surface area contributed by atoms with Gasteiger partial charge in [-0.05, 0) is 24.1 Å². The minimum atomic E-state index is -3.81. The number of sulfonamides is 1. The van der Waals surface area contributed by atoms with Crippen molar-refractivity contribution >= 4 is 33.2 Å². The van der Waals surface area contributed by atoms with Gasteiger partial charge in [0, 0.05) is 18.2 Å². The van der Waals surface area contributed by atoms with Crippen molar-refractivity contribution in [3.63, 3.8) is 0 Å². The van der Waals surface area contributed by atoms with Gasteiger partial charge in [0.2, 0.25) is 10.0 Å². The van der Waals surface area contributed by atoms with E-state index >= 15 is 0 Å². The van der Waals surface area contributed by atoms with E-state index in [1.807, 2.05) is 6.92 Å². The maximum atomic E-state index is 12.3. The summed E-state index contributed by atoms with van der Waals surface area (Å²) in [5.74, 6) is 0. The molecule has 5 nitrogen and oxygen atoms in total. The summed E-state index contributed by atoms with van der Waals surface area (Å²) in [6, 6.07) is 2.22. The minimum absolute atomic E-state index is 0.00645. The van der Waals surface area contributed by atoms with E-state index < -0.39 is 10.0 Å². The molecule has 0 heterocycles. The number of nitrogens with one attached hydrogen (secondary N) is 1. The van der Waals surface area contributed by atoms with Gasteiger partial charge in [0.1, 0.15) is 4.90 Å². The maximum absolute atomic E-state index is 12.3. The van der Waals surface area contributed by atoms with Crippen LogP contribution in [0.25, 0.3) is 0 Å². The van der Waals surface area contributed by atoms with Gasteiger partial charge in [-0.3, -0.25) is 0 Å². The normalized spacial score (nSPS) is 13.4. The lowest BCUT2D eigenvalue weighted by Gasteiger charge is -2.17. The first kappa shape index (κ1) is 17.7. The van der Waals surface area contributed by atoms with Gasteiger partial charge in [0.15, 0.2) is 0 Å². The zero-order valence-electron chi connectivity index (χ0n) is 11.2. The number of ether oxygens (including phenoxy) is 1. The average molecular weight is 342 g/mol. The fraction of sp³-hybridized carbons (Fsp3) is 0.500. The highest BCUT2D eigenvalue weighted by Crippen LogP contribution is 2.28. The molecule has 114 valence electrons. The van der Waals surface area contributed by atoms with Crippen molar-refractivity contribution in [1.82, 2.24) is 4.72 Å². The molecule has 1 aromatic rings. The Hall–Kier alpha value is -0.370. The first-order valence-corrected chi connectivity index (χ1v) is 8.19. The highest BCUT2D eigenvalue weighted by molar-refractivity contribution is 7.89. The van der Waals surface area contributed by atoms with Gasteiger partial charge >= 0.3 is 0 Å². The zero-order valence-corrected chi connectivity index (χ0v) is 13.5. The Bertz CT molecular complexity index is 563. The van der Waals surface area contributed by atoms with E-state index in [9.17, 15) is 8.42 Å². The Kier molecular flexibility index (Phi) is 6.71. The van der Waals surface area contributed by atoms with Gasteiger partial charge in [0.05, 0.1) is 18.2 Å². The Morgan fingerprint density at radius 3 is 2.50 bits per heavy atom. The Morgan fingerprint density at radius 1 is 1.35 bits per heavy atom. The van der Waals surface area contributed by atoms with Crippen LogP contribution in [0.15, 0.2) is 17.0 Å². The summed E-state index contributed by atoms with van der Waals surface area (Å²) in [5, 5.41) is 9.38. The molecule has 0 amide bonds. The van der Waals surface area contributed by atoms with Crippen molar-refractivity contribution in [1.29, 1.82) is 0 Å². The number of methoxy groups -OCH3 is 1. The van der Waals surface area contributed by atoms with Gasteiger partial charge < -0.3 is 9.84 Å². The molecule has 0 saturated heterocycles. The second-order valence-electron chi connectivity index (χ2n) is 4.21. The summed E-state index contributed by atoms with van der Waals surface area (Å²) >= 11 is 11.8. The fourth-order valence-electron chi connectivity index (χ4n) is 1.62. The maximum Gasteiger partial charge on any atom is 0.242 e. The van der Waals surface area contributed by atoms with Crippen LogP contribution in [0.5, 0.6) is 0 Å². The number of halogens is 2. The topological polar surface area (TPSA) is 75.6 Å². The van der Waals surface area contributed by atoms with E-state index in [-0.39, 0.29) is 34.2 Å². The number of aliphatic hydroxyl groups excluding tert-OH is 1. The molecule has 8 heteroatoms. The molecule has 2 N–H and O–H groups in total. The molecule has 0 aromatic heterocycles. The summed E-state index contributed by atoms with van der Waals surface area (Å²) in [6.07, 6.45) is 0.575. The number of hydrogen-bond acceptors (Lipinski definition) is 4. The van der Waals surface area contributed by atoms with E-state index in [0.717, 1.165) is 0 Å². The molecule has 0 spiro atoms. The lowest BCUT2D eigenvalue weighted by Crippen LogP contribution is -2.37. The SMILES string of the molecule is CCC(COC)NS(=O)(=O)c1cc(CO)c(Cl)cc1Cl. The van der Waals surface area contributed by atoms with Crippen molar-refractivity contribution in [2.75, 3.05) is 13.7 Å². The molecule has 0 saturated carbocycles. The van der Waals surface area contributed by atoms with Crippen LogP contribution in [0, 0.1) is 0 Å². The third-order valence-corrected chi connectivity index (χ3v) is 5.08. The summed E-state index contributed by atoms with van der Waals surface area (Å²) in [7, 11) is -2.31. The number of aliphatic hydroxyl groups is 1. The number of hydrogen-bond donors (Lipinski definition) is 2. The predicted molar refractivity (Wildman–Crippen MR) is 78.7 cm³/mol. The molecular formula is C12H17Cl2NO4S. The molecule has 1 atom stereocenters. The molecule has 0 bridgehead atoms. The van der Waals surface area contributed by atoms with Gasteiger partial charge in [0.25, 0.3) is 0 Å². The summed E-state index contributed by atoms with van der Waals surface area (Å²) in [5.41, 5.74) is 0.302. The predicted octanol–water partition coefficient (Wildman–Crippen LogP) is 2.19. The van der Waals surface area contributed by atoms with E-state index in [0.29, 0.717) is 12.0 Å². The minimum Gasteiger partial charge on any atom is -0.392 e. The van der Waals surface area contributed by atoms with Crippen LogP contribution in [0.2, 0.25) is 10.0 Å². The van der Waals surface area contributed by atoms with Crippen LogP contribution in [-0.2, 0) is 21.4 Å². The second-order valence-corrected chi connectivity index (χ2v) is 6.71. The van der Waals surface area contributed by atoms with Crippen molar-refractivity contribution in [2.45, 2.75) is 30.9 Å². The second kappa shape index (κ2) is 7.59. The molecule has 20 heavy (non-hydrogen) atoms. The summed E-state index contributed by atoms with van der Waals surface area (Å²) in [4.78, 5) is -0.109. The Balaban J connectivity index is 3.15. The van der Waals surface area contributed by atoms with Gasteiger partial charge in [-0.15, -0.1) is 0 Å². The van der Waals surface area contributed by atoms with Crippen LogP contribution >= 0.6 is 23.2 Å². The summed E-state index contributed by atoms with van der Waals surface area (Å²) < 4.78 is 32.1. The fourth-order valence-corrected chi connectivity index (χ4v) is 3.78. The molecule has 1 rings (SSSR count). The van der Waals surface area contributed by atoms with Gasteiger partial charge in [-0.1, -0.05) is 30.1 Å². The lowest BCUT2D eigenvalue weighted by molar-refractivity contribution is 0.173. The van der Waals surface area contributed by atoms with Gasteiger partial charge in [-0.25, -0.2) is 13.1 Å². The lowest BCUT2D eigenvalue weighted by atomic mass is 10.2. The standard InChI is InChI=1S/C12H17Cl2NO4S/c1-3-9(7-19-2)15-20(17,18)12-4-8(6-16)10(13)5-11(12)14/h4-5,9,15-16H,3,6-7H2,1-2H3. The first-order chi connectivity index (χ1) is 9.35. The highest BCUT2D eigenvalue weighted by atomic mass is 35.5. The number of rotatable bonds is 7. The smallest absolute Gasteiger partial charge is 0.242 e. The van der Waals surface area contributed by atoms with Crippen LogP contribution in [-0.4, -0.2) is 33.3 Å². The van der Waals surface area contributed by atoms with Crippen molar-refractivity contribution in [3.05, 3.63) is 27.7 Å². The van der Waals surface area contributed by atoms with E-state index in [2.05, 4.69) is 4.72 Å². The van der Waals surface area contributed by atoms with Crippen molar-refractivity contribution in [3.8, 4) is 0 Å². The molecular weight excluding hydrogens is 325 g/mol. The first-order valence-electron chi connectivity index (χ1n) is 5.95. The molecule has 0 aliphatic carbocycles. The van der Waals surface area contributed by atoms with Crippen LogP contribution in [0.1, 0.15) is 18.9 Å². The van der Waals surface area contributed by atoms with Crippen molar-refractivity contribution < 1.29 is 18.3 Å². The quantitative estimate of drug-likeness (QED) is 0.796. The number of benzene rings is 1. The molecule has 0 radical (unpaired) electrons. The van der Waals surface area contributed by atoms with E-state index in [4.69, 9.17) is 33.0 Å². The Morgan fingerprint density at radius 2 is 2.00 bits per heavy atom. The van der Waals surface area contributed by atoms with E-state index in [1.54, 1.807) is 0 Å². The highest BCUT2D eigenvalue weighted by Gasteiger charge is 2.23. The molecule has 0 fully saturated rings. The molecule has 0 aliphatic rings. The van der Waals surface area contributed by atoms with Gasteiger partial charge in [-0.2, -0.15) is 0 Å². The third-order valence-electron chi connectivity index (χ3n) is 2.74. The molecule has 1 aromatic carbocycles. The zero-order chi connectivity index (χ0) is 15.3. The summed E-state index contributed by atoms with van der Waals surface area (Å²) in [6.45, 7) is 1.73. The molecule has 0 aliphatic heterocycles. The molecule has 1 unspecified atom stereocenters. The van der Waals surface area contributed by atoms with Crippen molar-refractivity contribution in [2.24, 2.45) is 0 Å².